The van der Waals surface area contributed by atoms with E-state index in [2.05, 4.69) is 5.32 Å². The third-order valence-corrected chi connectivity index (χ3v) is 4.33. The Labute approximate surface area is 146 Å². The van der Waals surface area contributed by atoms with E-state index in [9.17, 15) is 14.7 Å². The van der Waals surface area contributed by atoms with Crippen molar-refractivity contribution in [3.63, 3.8) is 0 Å². The number of nitrogens with one attached hydrogen (secondary N) is 1. The first-order chi connectivity index (χ1) is 12.0. The minimum Gasteiger partial charge on any atom is -0.481 e. The quantitative estimate of drug-likeness (QED) is 0.776. The molecular weight excluding hydrogens is 324 g/mol. The molecule has 1 fully saturated rings. The molecule has 0 aromatic heterocycles. The zero-order chi connectivity index (χ0) is 18.2. The molecule has 7 nitrogen and oxygen atoms in total. The van der Waals surface area contributed by atoms with Crippen LogP contribution in [0, 0.1) is 23.2 Å². The van der Waals surface area contributed by atoms with Crippen molar-refractivity contribution in [2.24, 2.45) is 11.8 Å². The molecule has 2 unspecified atom stereocenters. The number of carbonyl (C=O) groups is 2. The fourth-order valence-corrected chi connectivity index (χ4v) is 2.83. The number of para-hydroxylation sites is 1. The van der Waals surface area contributed by atoms with E-state index >= 15 is 0 Å². The van der Waals surface area contributed by atoms with Gasteiger partial charge < -0.3 is 19.9 Å². The van der Waals surface area contributed by atoms with Gasteiger partial charge in [-0.25, -0.2) is 0 Å². The molecule has 1 aromatic rings. The van der Waals surface area contributed by atoms with Crippen molar-refractivity contribution in [1.29, 1.82) is 5.26 Å². The second-order valence-corrected chi connectivity index (χ2v) is 6.01. The summed E-state index contributed by atoms with van der Waals surface area (Å²) in [6.45, 7) is 2.71. The molecule has 2 N–H and O–H groups in total. The maximum atomic E-state index is 12.2. The average molecular weight is 346 g/mol. The maximum absolute atomic E-state index is 12.2. The maximum Gasteiger partial charge on any atom is 0.308 e. The molecule has 1 aliphatic heterocycles. The van der Waals surface area contributed by atoms with Crippen LogP contribution in [0.2, 0.25) is 0 Å². The third-order valence-electron chi connectivity index (χ3n) is 4.33. The summed E-state index contributed by atoms with van der Waals surface area (Å²) in [5, 5.41) is 21.1. The number of nitriles is 1. The van der Waals surface area contributed by atoms with Crippen LogP contribution in [0.5, 0.6) is 5.75 Å². The number of carboxylic acids is 1. The monoisotopic (exact) mass is 346 g/mol. The average Bonchev–Trinajstić information content (AvgIpc) is 2.62. The molecule has 134 valence electrons. The van der Waals surface area contributed by atoms with Gasteiger partial charge in [0.05, 0.1) is 11.5 Å². The number of nitrogens with zero attached hydrogens (tertiary/aromatic N) is 1. The van der Waals surface area contributed by atoms with Gasteiger partial charge in [-0.2, -0.15) is 5.26 Å². The summed E-state index contributed by atoms with van der Waals surface area (Å²) >= 11 is 0. The van der Waals surface area contributed by atoms with Gasteiger partial charge in [-0.15, -0.1) is 0 Å². The Morgan fingerprint density at radius 3 is 2.72 bits per heavy atom. The lowest BCUT2D eigenvalue weighted by molar-refractivity contribution is -0.145. The van der Waals surface area contributed by atoms with Gasteiger partial charge in [0.15, 0.2) is 6.10 Å². The van der Waals surface area contributed by atoms with Gasteiger partial charge in [0.25, 0.3) is 5.91 Å². The predicted octanol–water partition coefficient (Wildman–Crippen LogP) is 1.57. The summed E-state index contributed by atoms with van der Waals surface area (Å²) in [6.07, 6.45) is 0.515. The van der Waals surface area contributed by atoms with Crippen LogP contribution in [0.25, 0.3) is 0 Å². The summed E-state index contributed by atoms with van der Waals surface area (Å²) in [6, 6.07) is 8.64. The van der Waals surface area contributed by atoms with Crippen LogP contribution in [0.3, 0.4) is 0 Å². The molecule has 2 rings (SSSR count). The fraction of sp³-hybridized carbons (Fsp3) is 0.500. The smallest absolute Gasteiger partial charge is 0.308 e. The van der Waals surface area contributed by atoms with Gasteiger partial charge in [0, 0.05) is 19.8 Å². The first-order valence-electron chi connectivity index (χ1n) is 8.27. The second-order valence-electron chi connectivity index (χ2n) is 6.01. The Morgan fingerprint density at radius 2 is 2.08 bits per heavy atom. The first kappa shape index (κ1) is 18.7. The molecule has 0 bridgehead atoms. The molecule has 1 heterocycles. The number of hydrogen-bond donors (Lipinski definition) is 2. The predicted molar refractivity (Wildman–Crippen MR) is 88.9 cm³/mol. The molecule has 1 aromatic carbocycles. The van der Waals surface area contributed by atoms with Gasteiger partial charge in [0.2, 0.25) is 0 Å². The summed E-state index contributed by atoms with van der Waals surface area (Å²) in [4.78, 5) is 23.7. The molecule has 2 atom stereocenters. The van der Waals surface area contributed by atoms with Crippen molar-refractivity contribution in [3.05, 3.63) is 29.8 Å². The molecule has 0 radical (unpaired) electrons. The van der Waals surface area contributed by atoms with Crippen molar-refractivity contribution in [2.75, 3.05) is 19.8 Å². The highest BCUT2D eigenvalue weighted by Gasteiger charge is 2.30. The molecule has 0 saturated carbocycles. The minimum absolute atomic E-state index is 0.0120. The molecule has 1 amide bonds. The highest BCUT2D eigenvalue weighted by Crippen LogP contribution is 2.24. The first-order valence-corrected chi connectivity index (χ1v) is 8.27. The Balaban J connectivity index is 1.91. The number of benzene rings is 1. The summed E-state index contributed by atoms with van der Waals surface area (Å²) in [7, 11) is 0. The molecular formula is C18H22N2O5. The molecule has 7 heteroatoms. The zero-order valence-electron chi connectivity index (χ0n) is 14.1. The third kappa shape index (κ3) is 5.19. The lowest BCUT2D eigenvalue weighted by atomic mass is 9.86. The van der Waals surface area contributed by atoms with E-state index < -0.39 is 23.9 Å². The highest BCUT2D eigenvalue weighted by atomic mass is 16.5. The van der Waals surface area contributed by atoms with Crippen molar-refractivity contribution in [2.45, 2.75) is 25.9 Å². The van der Waals surface area contributed by atoms with Crippen LogP contribution in [0.1, 0.15) is 25.3 Å². The van der Waals surface area contributed by atoms with E-state index in [0.717, 1.165) is 0 Å². The number of carboxylic acid groups (broad SMARTS) is 1. The van der Waals surface area contributed by atoms with E-state index in [-0.39, 0.29) is 12.5 Å². The Hall–Kier alpha value is -2.59. The van der Waals surface area contributed by atoms with Crippen molar-refractivity contribution in [3.8, 4) is 11.8 Å². The van der Waals surface area contributed by atoms with E-state index in [0.29, 0.717) is 37.4 Å². The number of amides is 1. The van der Waals surface area contributed by atoms with E-state index in [1.807, 2.05) is 6.07 Å². The van der Waals surface area contributed by atoms with Crippen LogP contribution in [0.15, 0.2) is 24.3 Å². The lowest BCUT2D eigenvalue weighted by Crippen LogP contribution is -2.43. The molecule has 0 spiro atoms. The normalized spacial score (nSPS) is 17.1. The minimum atomic E-state index is -0.921. The number of carbonyl (C=O) groups excluding carboxylic acids is 1. The topological polar surface area (TPSA) is 109 Å². The highest BCUT2D eigenvalue weighted by molar-refractivity contribution is 5.81. The van der Waals surface area contributed by atoms with Gasteiger partial charge in [0.1, 0.15) is 11.8 Å². The van der Waals surface area contributed by atoms with Crippen LogP contribution < -0.4 is 10.1 Å². The fourth-order valence-electron chi connectivity index (χ4n) is 2.83. The van der Waals surface area contributed by atoms with Gasteiger partial charge in [-0.05, 0) is 37.8 Å². The molecule has 25 heavy (non-hydrogen) atoms. The SMILES string of the molecule is CC(Oc1ccccc1C#N)C(=O)NCC(C(=O)O)C1CCOCC1. The number of aliphatic carboxylic acids is 1. The largest absolute Gasteiger partial charge is 0.481 e. The number of rotatable bonds is 7. The summed E-state index contributed by atoms with van der Waals surface area (Å²) < 4.78 is 10.8. The summed E-state index contributed by atoms with van der Waals surface area (Å²) in [5.74, 6) is -1.66. The van der Waals surface area contributed by atoms with Gasteiger partial charge >= 0.3 is 5.97 Å². The number of hydrogen-bond acceptors (Lipinski definition) is 5. The molecule has 1 saturated heterocycles. The Bertz CT molecular complexity index is 649. The summed E-state index contributed by atoms with van der Waals surface area (Å²) in [5.41, 5.74) is 0.341. The second kappa shape index (κ2) is 9.04. The van der Waals surface area contributed by atoms with Gasteiger partial charge in [-0.1, -0.05) is 12.1 Å². The van der Waals surface area contributed by atoms with Crippen LogP contribution in [-0.4, -0.2) is 42.8 Å². The zero-order valence-corrected chi connectivity index (χ0v) is 14.1. The van der Waals surface area contributed by atoms with Crippen LogP contribution >= 0.6 is 0 Å². The van der Waals surface area contributed by atoms with E-state index in [1.165, 1.54) is 0 Å². The standard InChI is InChI=1S/C18H22N2O5/c1-12(25-16-5-3-2-4-14(16)10-19)17(21)20-11-15(18(22)23)13-6-8-24-9-7-13/h2-5,12-13,15H,6-9,11H2,1H3,(H,20,21)(H,22,23). The molecule has 1 aliphatic rings. The van der Waals surface area contributed by atoms with Crippen molar-refractivity contribution < 1.29 is 24.2 Å². The van der Waals surface area contributed by atoms with E-state index in [1.54, 1.807) is 31.2 Å². The Kier molecular flexibility index (Phi) is 6.78. The molecule has 0 aliphatic carbocycles. The van der Waals surface area contributed by atoms with Crippen molar-refractivity contribution in [1.82, 2.24) is 5.32 Å². The number of ether oxygens (including phenoxy) is 2. The Morgan fingerprint density at radius 1 is 1.40 bits per heavy atom. The van der Waals surface area contributed by atoms with E-state index in [4.69, 9.17) is 14.7 Å². The van der Waals surface area contributed by atoms with Crippen molar-refractivity contribution >= 4 is 11.9 Å². The lowest BCUT2D eigenvalue weighted by Gasteiger charge is -2.28. The van der Waals surface area contributed by atoms with Gasteiger partial charge in [-0.3, -0.25) is 9.59 Å². The van der Waals surface area contributed by atoms with Crippen LogP contribution in [-0.2, 0) is 14.3 Å². The van der Waals surface area contributed by atoms with Crippen LogP contribution in [0.4, 0.5) is 0 Å².